The molecule has 0 saturated heterocycles. The average molecular weight is 335 g/mol. The van der Waals surface area contributed by atoms with Gasteiger partial charge < -0.3 is 9.30 Å². The Balaban J connectivity index is 1.89. The Morgan fingerprint density at radius 2 is 2.14 bits per heavy atom. The van der Waals surface area contributed by atoms with Crippen LogP contribution >= 0.6 is 23.4 Å². The second-order valence-electron chi connectivity index (χ2n) is 4.58. The van der Waals surface area contributed by atoms with Gasteiger partial charge >= 0.3 is 0 Å². The first kappa shape index (κ1) is 15.1. The maximum absolute atomic E-state index is 6.19. The molecule has 0 unspecified atom stereocenters. The van der Waals surface area contributed by atoms with Gasteiger partial charge in [0.05, 0.1) is 5.02 Å². The molecule has 114 valence electrons. The average Bonchev–Trinajstić information content (AvgIpc) is 2.96. The quantitative estimate of drug-likeness (QED) is 0.664. The van der Waals surface area contributed by atoms with Gasteiger partial charge in [0.2, 0.25) is 0 Å². The highest BCUT2D eigenvalue weighted by molar-refractivity contribution is 7.98. The largest absolute Gasteiger partial charge is 0.483 e. The summed E-state index contributed by atoms with van der Waals surface area (Å²) in [5, 5.41) is 10.8. The molecule has 3 aromatic rings. The van der Waals surface area contributed by atoms with Crippen molar-refractivity contribution in [1.82, 2.24) is 19.7 Å². The molecule has 2 heterocycles. The van der Waals surface area contributed by atoms with Crippen molar-refractivity contribution in [2.75, 3.05) is 6.26 Å². The third-order valence-corrected chi connectivity index (χ3v) is 4.33. The molecule has 0 N–H and O–H groups in total. The summed E-state index contributed by atoms with van der Waals surface area (Å²) in [4.78, 5) is 4.36. The van der Waals surface area contributed by atoms with Crippen LogP contribution in [0.15, 0.2) is 35.6 Å². The van der Waals surface area contributed by atoms with Crippen LogP contribution in [0.4, 0.5) is 0 Å². The molecule has 0 fully saturated rings. The number of thioether (sulfide) groups is 1. The molecule has 0 spiro atoms. The number of fused-ring (bicyclic) bond motifs is 1. The Morgan fingerprint density at radius 3 is 2.91 bits per heavy atom. The van der Waals surface area contributed by atoms with E-state index in [1.165, 1.54) is 0 Å². The molecule has 0 radical (unpaired) electrons. The molecule has 0 aliphatic rings. The molecule has 0 amide bonds. The Kier molecular flexibility index (Phi) is 4.49. The molecule has 3 rings (SSSR count). The van der Waals surface area contributed by atoms with Gasteiger partial charge in [0.1, 0.15) is 17.9 Å². The van der Waals surface area contributed by atoms with Crippen LogP contribution in [0.2, 0.25) is 5.02 Å². The predicted octanol–water partition coefficient (Wildman–Crippen LogP) is 3.80. The van der Waals surface area contributed by atoms with E-state index in [1.54, 1.807) is 18.0 Å². The Morgan fingerprint density at radius 1 is 1.27 bits per heavy atom. The Labute approximate surface area is 137 Å². The predicted molar refractivity (Wildman–Crippen MR) is 88.6 cm³/mol. The molecular weight excluding hydrogens is 320 g/mol. The number of nitrogens with zero attached hydrogens (tertiary/aromatic N) is 4. The molecular formula is C15H15ClN4OS. The lowest BCUT2D eigenvalue weighted by Crippen LogP contribution is -2.07. The van der Waals surface area contributed by atoms with Crippen LogP contribution < -0.4 is 4.74 Å². The second kappa shape index (κ2) is 6.54. The fourth-order valence-corrected chi connectivity index (χ4v) is 3.06. The van der Waals surface area contributed by atoms with Gasteiger partial charge in [-0.05, 0) is 37.4 Å². The van der Waals surface area contributed by atoms with Gasteiger partial charge in [0.15, 0.2) is 11.0 Å². The minimum absolute atomic E-state index is 0.342. The fourth-order valence-electron chi connectivity index (χ4n) is 2.27. The van der Waals surface area contributed by atoms with Gasteiger partial charge in [-0.1, -0.05) is 23.4 Å². The standard InChI is InChI=1S/C15H15ClN4OS/c1-3-20-13(18-19-15(20)22-2)9-21-12-7-6-11(16)10-5-4-8-17-14(10)12/h4-8H,3,9H2,1-2H3. The third kappa shape index (κ3) is 2.76. The zero-order valence-electron chi connectivity index (χ0n) is 12.3. The normalized spacial score (nSPS) is 11.0. The summed E-state index contributed by atoms with van der Waals surface area (Å²) in [6.45, 7) is 3.21. The van der Waals surface area contributed by atoms with Crippen molar-refractivity contribution in [3.8, 4) is 5.75 Å². The Bertz CT molecular complexity index is 805. The summed E-state index contributed by atoms with van der Waals surface area (Å²) in [5.41, 5.74) is 0.752. The first-order chi connectivity index (χ1) is 10.7. The minimum Gasteiger partial charge on any atom is -0.483 e. The molecule has 0 aliphatic heterocycles. The van der Waals surface area contributed by atoms with Gasteiger partial charge in [0.25, 0.3) is 0 Å². The van der Waals surface area contributed by atoms with E-state index in [0.29, 0.717) is 17.4 Å². The van der Waals surface area contributed by atoms with Crippen LogP contribution in [0, 0.1) is 0 Å². The molecule has 5 nitrogen and oxygen atoms in total. The lowest BCUT2D eigenvalue weighted by Gasteiger charge is -2.10. The second-order valence-corrected chi connectivity index (χ2v) is 5.76. The van der Waals surface area contributed by atoms with Gasteiger partial charge in [-0.3, -0.25) is 4.98 Å². The van der Waals surface area contributed by atoms with Crippen molar-refractivity contribution in [2.45, 2.75) is 25.2 Å². The molecule has 0 saturated carbocycles. The van der Waals surface area contributed by atoms with Gasteiger partial charge in [-0.15, -0.1) is 10.2 Å². The van der Waals surface area contributed by atoms with E-state index in [4.69, 9.17) is 16.3 Å². The van der Waals surface area contributed by atoms with Gasteiger partial charge in [0, 0.05) is 18.1 Å². The van der Waals surface area contributed by atoms with E-state index in [0.717, 1.165) is 28.4 Å². The lowest BCUT2D eigenvalue weighted by molar-refractivity contribution is 0.291. The SMILES string of the molecule is CCn1c(COc2ccc(Cl)c3cccnc23)nnc1SC. The van der Waals surface area contributed by atoms with Crippen molar-refractivity contribution in [2.24, 2.45) is 0 Å². The maximum Gasteiger partial charge on any atom is 0.191 e. The highest BCUT2D eigenvalue weighted by Crippen LogP contribution is 2.30. The molecule has 1 aromatic carbocycles. The topological polar surface area (TPSA) is 52.8 Å². The molecule has 22 heavy (non-hydrogen) atoms. The number of pyridine rings is 1. The summed E-state index contributed by atoms with van der Waals surface area (Å²) < 4.78 is 7.94. The fraction of sp³-hybridized carbons (Fsp3) is 0.267. The summed E-state index contributed by atoms with van der Waals surface area (Å²) in [5.74, 6) is 1.49. The van der Waals surface area contributed by atoms with Gasteiger partial charge in [-0.2, -0.15) is 0 Å². The van der Waals surface area contributed by atoms with Crippen molar-refractivity contribution >= 4 is 34.3 Å². The number of rotatable bonds is 5. The smallest absolute Gasteiger partial charge is 0.191 e. The van der Waals surface area contributed by atoms with Crippen molar-refractivity contribution < 1.29 is 4.74 Å². The molecule has 7 heteroatoms. The number of benzene rings is 1. The zero-order chi connectivity index (χ0) is 15.5. The lowest BCUT2D eigenvalue weighted by atomic mass is 10.2. The van der Waals surface area contributed by atoms with E-state index in [9.17, 15) is 0 Å². The van der Waals surface area contributed by atoms with Crippen molar-refractivity contribution in [1.29, 1.82) is 0 Å². The van der Waals surface area contributed by atoms with Crippen LogP contribution in [-0.4, -0.2) is 26.0 Å². The minimum atomic E-state index is 0.342. The zero-order valence-corrected chi connectivity index (χ0v) is 13.9. The number of hydrogen-bond acceptors (Lipinski definition) is 5. The van der Waals surface area contributed by atoms with E-state index in [1.807, 2.05) is 35.1 Å². The summed E-state index contributed by atoms with van der Waals surface area (Å²) in [7, 11) is 0. The van der Waals surface area contributed by atoms with Crippen LogP contribution in [-0.2, 0) is 13.2 Å². The summed E-state index contributed by atoms with van der Waals surface area (Å²) in [6, 6.07) is 7.44. The number of aromatic nitrogens is 4. The summed E-state index contributed by atoms with van der Waals surface area (Å²) in [6.07, 6.45) is 3.71. The van der Waals surface area contributed by atoms with E-state index < -0.39 is 0 Å². The maximum atomic E-state index is 6.19. The van der Waals surface area contributed by atoms with Crippen molar-refractivity contribution in [3.63, 3.8) is 0 Å². The third-order valence-electron chi connectivity index (χ3n) is 3.33. The number of ether oxygens (including phenoxy) is 1. The highest BCUT2D eigenvalue weighted by Gasteiger charge is 2.12. The van der Waals surface area contributed by atoms with E-state index >= 15 is 0 Å². The molecule has 0 aliphatic carbocycles. The van der Waals surface area contributed by atoms with Crippen LogP contribution in [0.3, 0.4) is 0 Å². The first-order valence-electron chi connectivity index (χ1n) is 6.86. The van der Waals surface area contributed by atoms with Crippen LogP contribution in [0.25, 0.3) is 10.9 Å². The number of hydrogen-bond donors (Lipinski definition) is 0. The van der Waals surface area contributed by atoms with Gasteiger partial charge in [-0.25, -0.2) is 0 Å². The number of halogens is 1. The van der Waals surface area contributed by atoms with E-state index in [-0.39, 0.29) is 0 Å². The van der Waals surface area contributed by atoms with Crippen molar-refractivity contribution in [3.05, 3.63) is 41.3 Å². The van der Waals surface area contributed by atoms with E-state index in [2.05, 4.69) is 22.1 Å². The van der Waals surface area contributed by atoms with Crippen LogP contribution in [0.5, 0.6) is 5.75 Å². The van der Waals surface area contributed by atoms with Crippen LogP contribution in [0.1, 0.15) is 12.7 Å². The Hall–Kier alpha value is -1.79. The molecule has 0 bridgehead atoms. The highest BCUT2D eigenvalue weighted by atomic mass is 35.5. The molecule has 2 aromatic heterocycles. The first-order valence-corrected chi connectivity index (χ1v) is 8.47. The molecule has 0 atom stereocenters. The summed E-state index contributed by atoms with van der Waals surface area (Å²) >= 11 is 7.76. The monoisotopic (exact) mass is 334 g/mol.